The molecule has 1 aliphatic heterocycles. The second kappa shape index (κ2) is 5.33. The van der Waals surface area contributed by atoms with Crippen LogP contribution in [0.15, 0.2) is 47.4 Å². The molecule has 1 heterocycles. The second-order valence-corrected chi connectivity index (χ2v) is 6.52. The summed E-state index contributed by atoms with van der Waals surface area (Å²) in [7, 11) is 0. The lowest BCUT2D eigenvalue weighted by molar-refractivity contribution is -0.115. The van der Waals surface area contributed by atoms with Gasteiger partial charge in [-0.2, -0.15) is 0 Å². The Bertz CT molecular complexity index is 649. The van der Waals surface area contributed by atoms with Crippen molar-refractivity contribution in [2.75, 3.05) is 5.32 Å². The quantitative estimate of drug-likeness (QED) is 0.904. The normalized spacial score (nSPS) is 16.8. The van der Waals surface area contributed by atoms with Crippen molar-refractivity contribution >= 4 is 23.4 Å². The molecule has 0 unspecified atom stereocenters. The fourth-order valence-corrected chi connectivity index (χ4v) is 3.63. The van der Waals surface area contributed by atoms with Gasteiger partial charge in [-0.25, -0.2) is 0 Å². The van der Waals surface area contributed by atoms with Gasteiger partial charge in [-0.3, -0.25) is 4.79 Å². The minimum atomic E-state index is -0.0203. The average molecular weight is 283 g/mol. The predicted octanol–water partition coefficient (Wildman–Crippen LogP) is 3.96. The standard InChI is InChI=1S/C17H17NOS/c1-11-4-7-14(8-5-11)18-17(19)16-10-13-6-3-12(2)9-15(13)20-16/h3-9,16H,10H2,1-2H3,(H,18,19)/t16-/m1/s1. The van der Waals surface area contributed by atoms with E-state index in [1.807, 2.05) is 31.2 Å². The van der Waals surface area contributed by atoms with Crippen molar-refractivity contribution in [1.29, 1.82) is 0 Å². The Labute approximate surface area is 123 Å². The highest BCUT2D eigenvalue weighted by atomic mass is 32.2. The summed E-state index contributed by atoms with van der Waals surface area (Å²) in [6.07, 6.45) is 0.817. The van der Waals surface area contributed by atoms with E-state index in [-0.39, 0.29) is 11.2 Å². The monoisotopic (exact) mass is 283 g/mol. The molecular weight excluding hydrogens is 266 g/mol. The third-order valence-corrected chi connectivity index (χ3v) is 4.81. The van der Waals surface area contributed by atoms with Crippen LogP contribution >= 0.6 is 11.8 Å². The lowest BCUT2D eigenvalue weighted by Gasteiger charge is -2.10. The zero-order valence-electron chi connectivity index (χ0n) is 11.6. The Hall–Kier alpha value is -1.74. The minimum Gasteiger partial charge on any atom is -0.325 e. The van der Waals surface area contributed by atoms with E-state index in [1.165, 1.54) is 21.6 Å². The van der Waals surface area contributed by atoms with Crippen molar-refractivity contribution in [2.24, 2.45) is 0 Å². The number of carbonyl (C=O) groups is 1. The molecule has 20 heavy (non-hydrogen) atoms. The average Bonchev–Trinajstić information content (AvgIpc) is 2.84. The van der Waals surface area contributed by atoms with Crippen LogP contribution < -0.4 is 5.32 Å². The van der Waals surface area contributed by atoms with Crippen LogP contribution in [0.4, 0.5) is 5.69 Å². The molecule has 1 N–H and O–H groups in total. The molecule has 3 heteroatoms. The number of hydrogen-bond donors (Lipinski definition) is 1. The van der Waals surface area contributed by atoms with E-state index in [9.17, 15) is 4.79 Å². The summed E-state index contributed by atoms with van der Waals surface area (Å²) < 4.78 is 0. The summed E-state index contributed by atoms with van der Waals surface area (Å²) in [6, 6.07) is 14.3. The highest BCUT2D eigenvalue weighted by molar-refractivity contribution is 8.01. The Morgan fingerprint density at radius 1 is 1.10 bits per heavy atom. The minimum absolute atomic E-state index is 0.0203. The number of fused-ring (bicyclic) bond motifs is 1. The first-order valence-electron chi connectivity index (χ1n) is 6.75. The summed E-state index contributed by atoms with van der Waals surface area (Å²) in [6.45, 7) is 4.12. The molecule has 1 amide bonds. The summed E-state index contributed by atoms with van der Waals surface area (Å²) in [5.74, 6) is 0.0905. The van der Waals surface area contributed by atoms with Crippen LogP contribution in [0, 0.1) is 13.8 Å². The number of amides is 1. The van der Waals surface area contributed by atoms with E-state index in [4.69, 9.17) is 0 Å². The molecule has 2 aromatic rings. The number of thioether (sulfide) groups is 1. The third-order valence-electron chi connectivity index (χ3n) is 3.51. The van der Waals surface area contributed by atoms with Crippen molar-refractivity contribution in [1.82, 2.24) is 0 Å². The third kappa shape index (κ3) is 2.73. The van der Waals surface area contributed by atoms with E-state index >= 15 is 0 Å². The van der Waals surface area contributed by atoms with E-state index < -0.39 is 0 Å². The highest BCUT2D eigenvalue weighted by Crippen LogP contribution is 2.38. The Balaban J connectivity index is 1.69. The number of aryl methyl sites for hydroxylation is 2. The highest BCUT2D eigenvalue weighted by Gasteiger charge is 2.28. The number of carbonyl (C=O) groups excluding carboxylic acids is 1. The molecule has 0 spiro atoms. The van der Waals surface area contributed by atoms with Gasteiger partial charge in [-0.1, -0.05) is 35.4 Å². The van der Waals surface area contributed by atoms with Gasteiger partial charge in [-0.15, -0.1) is 11.8 Å². The molecule has 0 aliphatic carbocycles. The molecule has 2 nitrogen and oxygen atoms in total. The molecule has 0 aromatic heterocycles. The van der Waals surface area contributed by atoms with Crippen molar-refractivity contribution in [2.45, 2.75) is 30.4 Å². The molecule has 0 saturated heterocycles. The molecule has 1 atom stereocenters. The maximum absolute atomic E-state index is 12.3. The van der Waals surface area contributed by atoms with Gasteiger partial charge in [0.1, 0.15) is 0 Å². The summed E-state index contributed by atoms with van der Waals surface area (Å²) in [5, 5.41) is 2.98. The van der Waals surface area contributed by atoms with Gasteiger partial charge < -0.3 is 5.32 Å². The molecule has 1 aliphatic rings. The van der Waals surface area contributed by atoms with Crippen LogP contribution in [0.3, 0.4) is 0 Å². The Kier molecular flexibility index (Phi) is 3.53. The predicted molar refractivity (Wildman–Crippen MR) is 84.3 cm³/mol. The maximum Gasteiger partial charge on any atom is 0.238 e. The van der Waals surface area contributed by atoms with Crippen molar-refractivity contribution in [3.05, 3.63) is 59.2 Å². The van der Waals surface area contributed by atoms with Crippen LogP contribution in [0.2, 0.25) is 0 Å². The maximum atomic E-state index is 12.3. The van der Waals surface area contributed by atoms with Gasteiger partial charge >= 0.3 is 0 Å². The van der Waals surface area contributed by atoms with E-state index in [0.717, 1.165) is 12.1 Å². The van der Waals surface area contributed by atoms with E-state index in [1.54, 1.807) is 11.8 Å². The Morgan fingerprint density at radius 3 is 2.55 bits per heavy atom. The first-order chi connectivity index (χ1) is 9.61. The smallest absolute Gasteiger partial charge is 0.238 e. The SMILES string of the molecule is Cc1ccc(NC(=O)[C@H]2Cc3ccc(C)cc3S2)cc1. The van der Waals surface area contributed by atoms with Crippen LogP contribution in [0.1, 0.15) is 16.7 Å². The summed E-state index contributed by atoms with van der Waals surface area (Å²) in [5.41, 5.74) is 4.59. The van der Waals surface area contributed by atoms with Gasteiger partial charge in [0.05, 0.1) is 5.25 Å². The van der Waals surface area contributed by atoms with Crippen LogP contribution in [0.25, 0.3) is 0 Å². The number of benzene rings is 2. The number of hydrogen-bond acceptors (Lipinski definition) is 2. The fourth-order valence-electron chi connectivity index (χ4n) is 2.34. The van der Waals surface area contributed by atoms with Gasteiger partial charge in [0.2, 0.25) is 5.91 Å². The number of nitrogens with one attached hydrogen (secondary N) is 1. The summed E-state index contributed by atoms with van der Waals surface area (Å²) >= 11 is 1.67. The van der Waals surface area contributed by atoms with Gasteiger partial charge in [0, 0.05) is 10.6 Å². The van der Waals surface area contributed by atoms with Crippen LogP contribution in [0.5, 0.6) is 0 Å². The second-order valence-electron chi connectivity index (χ2n) is 5.28. The van der Waals surface area contributed by atoms with E-state index in [2.05, 4.69) is 30.4 Å². The lowest BCUT2D eigenvalue weighted by atomic mass is 10.1. The summed E-state index contributed by atoms with van der Waals surface area (Å²) in [4.78, 5) is 13.6. The number of rotatable bonds is 2. The first-order valence-corrected chi connectivity index (χ1v) is 7.63. The van der Waals surface area contributed by atoms with Gasteiger partial charge in [0.25, 0.3) is 0 Å². The molecule has 0 saturated carbocycles. The molecule has 0 bridgehead atoms. The van der Waals surface area contributed by atoms with Gasteiger partial charge in [-0.05, 0) is 44.0 Å². The zero-order valence-corrected chi connectivity index (χ0v) is 12.5. The molecule has 3 rings (SSSR count). The molecular formula is C17H17NOS. The van der Waals surface area contributed by atoms with Crippen molar-refractivity contribution in [3.8, 4) is 0 Å². The Morgan fingerprint density at radius 2 is 1.80 bits per heavy atom. The van der Waals surface area contributed by atoms with Crippen molar-refractivity contribution in [3.63, 3.8) is 0 Å². The molecule has 0 radical (unpaired) electrons. The van der Waals surface area contributed by atoms with Crippen LogP contribution in [-0.4, -0.2) is 11.2 Å². The fraction of sp³-hybridized carbons (Fsp3) is 0.235. The van der Waals surface area contributed by atoms with Crippen molar-refractivity contribution < 1.29 is 4.79 Å². The topological polar surface area (TPSA) is 29.1 Å². The van der Waals surface area contributed by atoms with E-state index in [0.29, 0.717) is 0 Å². The molecule has 0 fully saturated rings. The first kappa shape index (κ1) is 13.3. The van der Waals surface area contributed by atoms with Crippen LogP contribution in [-0.2, 0) is 11.2 Å². The lowest BCUT2D eigenvalue weighted by Crippen LogP contribution is -2.24. The largest absolute Gasteiger partial charge is 0.325 e. The zero-order chi connectivity index (χ0) is 14.1. The molecule has 2 aromatic carbocycles. The van der Waals surface area contributed by atoms with Gasteiger partial charge in [0.15, 0.2) is 0 Å². The number of anilines is 1. The molecule has 102 valence electrons.